The van der Waals surface area contributed by atoms with E-state index in [9.17, 15) is 0 Å². The predicted octanol–water partition coefficient (Wildman–Crippen LogP) is 5.44. The van der Waals surface area contributed by atoms with Gasteiger partial charge in [-0.1, -0.05) is 23.9 Å². The summed E-state index contributed by atoms with van der Waals surface area (Å²) in [5, 5.41) is 12.2. The molecule has 0 saturated heterocycles. The highest BCUT2D eigenvalue weighted by molar-refractivity contribution is 7.99. The van der Waals surface area contributed by atoms with Crippen molar-refractivity contribution in [3.05, 3.63) is 57.5 Å². The van der Waals surface area contributed by atoms with Gasteiger partial charge < -0.3 is 9.30 Å². The van der Waals surface area contributed by atoms with Crippen molar-refractivity contribution in [3.63, 3.8) is 0 Å². The van der Waals surface area contributed by atoms with Gasteiger partial charge in [-0.2, -0.15) is 0 Å². The van der Waals surface area contributed by atoms with Crippen LogP contribution in [0.1, 0.15) is 47.1 Å². The zero-order valence-electron chi connectivity index (χ0n) is 15.9. The van der Waals surface area contributed by atoms with Crippen LogP contribution in [0.5, 0.6) is 5.75 Å². The summed E-state index contributed by atoms with van der Waals surface area (Å²) < 4.78 is 8.29. The Bertz CT molecular complexity index is 865. The van der Waals surface area contributed by atoms with Crippen molar-refractivity contribution >= 4 is 23.1 Å². The zero-order valence-corrected chi connectivity index (χ0v) is 17.5. The SMILES string of the molecule is Cc1cc(C)cc(OCCCSc2nnc(Cc3cccs3)n2C2CC2)c1. The van der Waals surface area contributed by atoms with Gasteiger partial charge in [-0.05, 0) is 67.8 Å². The molecule has 0 atom stereocenters. The number of hydrogen-bond acceptors (Lipinski definition) is 5. The van der Waals surface area contributed by atoms with Crippen LogP contribution in [0.25, 0.3) is 0 Å². The molecule has 1 saturated carbocycles. The van der Waals surface area contributed by atoms with Gasteiger partial charge in [0.15, 0.2) is 5.16 Å². The molecule has 142 valence electrons. The Balaban J connectivity index is 1.30. The lowest BCUT2D eigenvalue weighted by Crippen LogP contribution is -2.04. The maximum Gasteiger partial charge on any atom is 0.191 e. The van der Waals surface area contributed by atoms with Crippen LogP contribution >= 0.6 is 23.1 Å². The molecule has 0 N–H and O–H groups in total. The number of ether oxygens (including phenoxy) is 1. The standard InChI is InChI=1S/C21H25N3OS2/c1-15-11-16(2)13-18(12-15)25-8-4-10-27-21-23-22-20(24(21)17-6-7-17)14-19-5-3-9-26-19/h3,5,9,11-13,17H,4,6-8,10,14H2,1-2H3. The average Bonchev–Trinajstić information content (AvgIpc) is 3.18. The van der Waals surface area contributed by atoms with Crippen molar-refractivity contribution in [2.75, 3.05) is 12.4 Å². The van der Waals surface area contributed by atoms with Gasteiger partial charge in [0.1, 0.15) is 11.6 Å². The van der Waals surface area contributed by atoms with E-state index in [0.717, 1.165) is 41.9 Å². The van der Waals surface area contributed by atoms with Crippen molar-refractivity contribution < 1.29 is 4.74 Å². The van der Waals surface area contributed by atoms with Crippen molar-refractivity contribution in [2.24, 2.45) is 0 Å². The molecule has 3 aromatic rings. The van der Waals surface area contributed by atoms with Crippen molar-refractivity contribution in [3.8, 4) is 5.75 Å². The van der Waals surface area contributed by atoms with Crippen LogP contribution in [0.2, 0.25) is 0 Å². The maximum atomic E-state index is 5.92. The molecule has 1 aliphatic rings. The first kappa shape index (κ1) is 18.6. The Morgan fingerprint density at radius 3 is 2.70 bits per heavy atom. The minimum atomic E-state index is 0.601. The Morgan fingerprint density at radius 2 is 2.00 bits per heavy atom. The van der Waals surface area contributed by atoms with Gasteiger partial charge >= 0.3 is 0 Å². The highest BCUT2D eigenvalue weighted by Gasteiger charge is 2.29. The maximum absolute atomic E-state index is 5.92. The first-order chi connectivity index (χ1) is 13.2. The molecule has 4 rings (SSSR count). The normalized spacial score (nSPS) is 13.9. The van der Waals surface area contributed by atoms with Crippen LogP contribution in [0, 0.1) is 13.8 Å². The minimum Gasteiger partial charge on any atom is -0.494 e. The first-order valence-corrected chi connectivity index (χ1v) is 11.4. The summed E-state index contributed by atoms with van der Waals surface area (Å²) in [6.07, 6.45) is 4.38. The molecule has 6 heteroatoms. The van der Waals surface area contributed by atoms with E-state index in [4.69, 9.17) is 4.74 Å². The molecule has 1 fully saturated rings. The summed E-state index contributed by atoms with van der Waals surface area (Å²) in [5.41, 5.74) is 2.49. The molecule has 0 unspecified atom stereocenters. The summed E-state index contributed by atoms with van der Waals surface area (Å²) in [4.78, 5) is 1.35. The molecule has 4 nitrogen and oxygen atoms in total. The van der Waals surface area contributed by atoms with Crippen LogP contribution in [0.4, 0.5) is 0 Å². The van der Waals surface area contributed by atoms with Gasteiger partial charge in [0.25, 0.3) is 0 Å². The van der Waals surface area contributed by atoms with E-state index in [1.807, 2.05) is 0 Å². The first-order valence-electron chi connectivity index (χ1n) is 9.49. The van der Waals surface area contributed by atoms with Gasteiger partial charge in [-0.15, -0.1) is 21.5 Å². The summed E-state index contributed by atoms with van der Waals surface area (Å²) >= 11 is 3.59. The molecule has 0 bridgehead atoms. The topological polar surface area (TPSA) is 39.9 Å². The quantitative estimate of drug-likeness (QED) is 0.355. The van der Waals surface area contributed by atoms with E-state index in [1.54, 1.807) is 23.1 Å². The Labute approximate surface area is 169 Å². The van der Waals surface area contributed by atoms with Crippen LogP contribution < -0.4 is 4.74 Å². The number of rotatable bonds is 9. The predicted molar refractivity (Wildman–Crippen MR) is 112 cm³/mol. The lowest BCUT2D eigenvalue weighted by molar-refractivity contribution is 0.318. The molecular formula is C21H25N3OS2. The molecule has 1 aromatic carbocycles. The molecule has 1 aliphatic carbocycles. The second kappa shape index (κ2) is 8.48. The Morgan fingerprint density at radius 1 is 1.19 bits per heavy atom. The summed E-state index contributed by atoms with van der Waals surface area (Å²) in [7, 11) is 0. The highest BCUT2D eigenvalue weighted by Crippen LogP contribution is 2.39. The molecule has 2 heterocycles. The average molecular weight is 400 g/mol. The van der Waals surface area contributed by atoms with E-state index in [-0.39, 0.29) is 0 Å². The van der Waals surface area contributed by atoms with Crippen LogP contribution in [-0.2, 0) is 6.42 Å². The number of aryl methyl sites for hydroxylation is 2. The second-order valence-corrected chi connectivity index (χ2v) is 9.22. The second-order valence-electron chi connectivity index (χ2n) is 7.13. The summed E-state index contributed by atoms with van der Waals surface area (Å²) in [5.74, 6) is 3.07. The zero-order chi connectivity index (χ0) is 18.6. The third-order valence-electron chi connectivity index (χ3n) is 4.54. The van der Waals surface area contributed by atoms with E-state index >= 15 is 0 Å². The van der Waals surface area contributed by atoms with E-state index in [1.165, 1.54) is 28.8 Å². The summed E-state index contributed by atoms with van der Waals surface area (Å²) in [6.45, 7) is 4.94. The Hall–Kier alpha value is -1.79. The van der Waals surface area contributed by atoms with E-state index in [2.05, 4.69) is 64.3 Å². The number of thioether (sulfide) groups is 1. The van der Waals surface area contributed by atoms with Crippen LogP contribution in [0.3, 0.4) is 0 Å². The molecule has 27 heavy (non-hydrogen) atoms. The number of nitrogens with zero attached hydrogens (tertiary/aromatic N) is 3. The van der Waals surface area contributed by atoms with Crippen molar-refractivity contribution in [1.29, 1.82) is 0 Å². The number of benzene rings is 1. The fraction of sp³-hybridized carbons (Fsp3) is 0.429. The van der Waals surface area contributed by atoms with Crippen LogP contribution in [0.15, 0.2) is 40.9 Å². The fourth-order valence-electron chi connectivity index (χ4n) is 3.22. The van der Waals surface area contributed by atoms with Gasteiger partial charge in [-0.25, -0.2) is 0 Å². The third-order valence-corrected chi connectivity index (χ3v) is 6.45. The number of aromatic nitrogens is 3. The van der Waals surface area contributed by atoms with Gasteiger partial charge in [-0.3, -0.25) is 0 Å². The molecular weight excluding hydrogens is 374 g/mol. The van der Waals surface area contributed by atoms with E-state index < -0.39 is 0 Å². The third kappa shape index (κ3) is 4.93. The molecule has 2 aromatic heterocycles. The summed E-state index contributed by atoms with van der Waals surface area (Å²) in [6, 6.07) is 11.2. The van der Waals surface area contributed by atoms with Gasteiger partial charge in [0.05, 0.1) is 6.61 Å². The van der Waals surface area contributed by atoms with Gasteiger partial charge in [0, 0.05) is 23.1 Å². The lowest BCUT2D eigenvalue weighted by atomic mass is 10.1. The number of thiophene rings is 1. The fourth-order valence-corrected chi connectivity index (χ4v) is 4.86. The van der Waals surface area contributed by atoms with Crippen molar-refractivity contribution in [1.82, 2.24) is 14.8 Å². The monoisotopic (exact) mass is 399 g/mol. The van der Waals surface area contributed by atoms with Crippen molar-refractivity contribution in [2.45, 2.75) is 50.7 Å². The molecule has 0 radical (unpaired) electrons. The highest BCUT2D eigenvalue weighted by atomic mass is 32.2. The molecule has 0 aliphatic heterocycles. The number of hydrogen-bond donors (Lipinski definition) is 0. The smallest absolute Gasteiger partial charge is 0.191 e. The largest absolute Gasteiger partial charge is 0.494 e. The molecule has 0 amide bonds. The minimum absolute atomic E-state index is 0.601. The Kier molecular flexibility index (Phi) is 5.83. The lowest BCUT2D eigenvalue weighted by Gasteiger charge is -2.09. The van der Waals surface area contributed by atoms with E-state index in [0.29, 0.717) is 6.04 Å². The van der Waals surface area contributed by atoms with Crippen LogP contribution in [-0.4, -0.2) is 27.1 Å². The van der Waals surface area contributed by atoms with Gasteiger partial charge in [0.2, 0.25) is 0 Å². The molecule has 0 spiro atoms.